The lowest BCUT2D eigenvalue weighted by Gasteiger charge is -2.37. The highest BCUT2D eigenvalue weighted by Crippen LogP contribution is 2.20. The van der Waals surface area contributed by atoms with Gasteiger partial charge in [0.2, 0.25) is 0 Å². The van der Waals surface area contributed by atoms with Gasteiger partial charge in [-0.1, -0.05) is 24.3 Å². The first-order valence-electron chi connectivity index (χ1n) is 11.2. The zero-order chi connectivity index (χ0) is 22.3. The number of para-hydroxylation sites is 1. The molecule has 0 unspecified atom stereocenters. The number of rotatable bonds is 4. The highest BCUT2D eigenvalue weighted by Gasteiger charge is 2.21. The van der Waals surface area contributed by atoms with Crippen LogP contribution >= 0.6 is 0 Å². The molecule has 7 nitrogen and oxygen atoms in total. The molecule has 170 valence electrons. The van der Waals surface area contributed by atoms with Gasteiger partial charge in [0.1, 0.15) is 5.82 Å². The van der Waals surface area contributed by atoms with Crippen LogP contribution in [0.4, 0.5) is 20.6 Å². The number of halogens is 1. The van der Waals surface area contributed by atoms with E-state index < -0.39 is 0 Å². The van der Waals surface area contributed by atoms with Crippen molar-refractivity contribution in [2.45, 2.75) is 19.4 Å². The lowest BCUT2D eigenvalue weighted by molar-refractivity contribution is 0.222. The maximum atomic E-state index is 14.1. The number of guanidine groups is 1. The molecule has 2 amide bonds. The van der Waals surface area contributed by atoms with Crippen molar-refractivity contribution in [3.63, 3.8) is 0 Å². The van der Waals surface area contributed by atoms with Gasteiger partial charge in [0.05, 0.1) is 5.69 Å². The lowest BCUT2D eigenvalue weighted by Crippen LogP contribution is -2.52. The van der Waals surface area contributed by atoms with Gasteiger partial charge in [-0.2, -0.15) is 0 Å². The Balaban J connectivity index is 1.29. The molecule has 0 spiro atoms. The van der Waals surface area contributed by atoms with Gasteiger partial charge in [0.15, 0.2) is 5.96 Å². The Morgan fingerprint density at radius 2 is 1.72 bits per heavy atom. The summed E-state index contributed by atoms with van der Waals surface area (Å²) in [6.45, 7) is 5.26. The molecule has 2 saturated heterocycles. The fourth-order valence-corrected chi connectivity index (χ4v) is 4.26. The largest absolute Gasteiger partial charge is 0.366 e. The number of urea groups is 1. The predicted octanol–water partition coefficient (Wildman–Crippen LogP) is 3.35. The van der Waals surface area contributed by atoms with Crippen molar-refractivity contribution in [2.75, 3.05) is 56.5 Å². The maximum absolute atomic E-state index is 14.1. The first-order valence-corrected chi connectivity index (χ1v) is 11.2. The lowest BCUT2D eigenvalue weighted by atomic mass is 10.2. The molecule has 0 bridgehead atoms. The van der Waals surface area contributed by atoms with Gasteiger partial charge in [-0.15, -0.1) is 0 Å². The van der Waals surface area contributed by atoms with Crippen molar-refractivity contribution >= 4 is 23.4 Å². The van der Waals surface area contributed by atoms with Crippen LogP contribution in [0.1, 0.15) is 18.4 Å². The molecule has 2 N–H and O–H groups in total. The van der Waals surface area contributed by atoms with Crippen molar-refractivity contribution in [2.24, 2.45) is 4.99 Å². The summed E-state index contributed by atoms with van der Waals surface area (Å²) in [5.74, 6) is 0.643. The molecule has 0 radical (unpaired) electrons. The van der Waals surface area contributed by atoms with Crippen molar-refractivity contribution in [3.05, 3.63) is 59.9 Å². The normalized spacial score (nSPS) is 16.9. The van der Waals surface area contributed by atoms with Crippen LogP contribution in [-0.2, 0) is 6.54 Å². The number of piperazine rings is 1. The topological polar surface area (TPSA) is 63.2 Å². The quantitative estimate of drug-likeness (QED) is 0.568. The number of aliphatic imine (C=N–C) groups is 1. The Labute approximate surface area is 188 Å². The zero-order valence-electron chi connectivity index (χ0n) is 18.6. The number of nitrogens with one attached hydrogen (secondary N) is 2. The second kappa shape index (κ2) is 10.3. The third-order valence-corrected chi connectivity index (χ3v) is 6.01. The van der Waals surface area contributed by atoms with E-state index in [1.807, 2.05) is 41.3 Å². The Morgan fingerprint density at radius 1 is 0.969 bits per heavy atom. The number of hydrogen-bond acceptors (Lipinski definition) is 3. The van der Waals surface area contributed by atoms with E-state index >= 15 is 0 Å². The summed E-state index contributed by atoms with van der Waals surface area (Å²) in [7, 11) is 1.78. The number of benzene rings is 2. The van der Waals surface area contributed by atoms with Crippen LogP contribution in [0, 0.1) is 5.82 Å². The Kier molecular flexibility index (Phi) is 7.09. The maximum Gasteiger partial charge on any atom is 0.321 e. The summed E-state index contributed by atoms with van der Waals surface area (Å²) in [4.78, 5) is 22.9. The fraction of sp³-hybridized carbons (Fsp3) is 0.417. The first-order chi connectivity index (χ1) is 15.6. The smallest absolute Gasteiger partial charge is 0.321 e. The van der Waals surface area contributed by atoms with E-state index in [1.54, 1.807) is 13.1 Å². The van der Waals surface area contributed by atoms with Crippen LogP contribution in [0.3, 0.4) is 0 Å². The molecule has 0 atom stereocenters. The van der Waals surface area contributed by atoms with Crippen molar-refractivity contribution in [1.29, 1.82) is 0 Å². The summed E-state index contributed by atoms with van der Waals surface area (Å²) < 4.78 is 14.1. The van der Waals surface area contributed by atoms with E-state index in [0.29, 0.717) is 12.2 Å². The standard InChI is InChI=1S/C24H31FN6O/c1-26-23(30-15-13-29(14-16-30)22-10-3-2-9-21(22)25)27-18-19-7-6-8-20(17-19)28-24(32)31-11-4-5-12-31/h2-3,6-10,17H,4-5,11-16,18H2,1H3,(H,26,27)(H,28,32). The molecular formula is C24H31FN6O. The van der Waals surface area contributed by atoms with E-state index in [2.05, 4.69) is 25.4 Å². The molecule has 0 saturated carbocycles. The Morgan fingerprint density at radius 3 is 2.44 bits per heavy atom. The molecule has 0 aliphatic carbocycles. The molecule has 2 aromatic rings. The Hall–Kier alpha value is -3.29. The van der Waals surface area contributed by atoms with Gasteiger partial charge >= 0.3 is 6.03 Å². The number of carbonyl (C=O) groups excluding carboxylic acids is 1. The fourth-order valence-electron chi connectivity index (χ4n) is 4.26. The van der Waals surface area contributed by atoms with E-state index in [9.17, 15) is 9.18 Å². The predicted molar refractivity (Wildman–Crippen MR) is 127 cm³/mol. The number of carbonyl (C=O) groups is 1. The average molecular weight is 439 g/mol. The molecule has 4 rings (SSSR count). The van der Waals surface area contributed by atoms with E-state index in [-0.39, 0.29) is 11.8 Å². The van der Waals surface area contributed by atoms with Crippen molar-refractivity contribution in [1.82, 2.24) is 15.1 Å². The van der Waals surface area contributed by atoms with E-state index in [4.69, 9.17) is 0 Å². The molecule has 2 fully saturated rings. The molecule has 2 aromatic carbocycles. The molecule has 8 heteroatoms. The Bertz CT molecular complexity index is 951. The second-order valence-electron chi connectivity index (χ2n) is 8.15. The summed E-state index contributed by atoms with van der Waals surface area (Å²) in [5.41, 5.74) is 2.52. The molecule has 0 aromatic heterocycles. The number of likely N-dealkylation sites (tertiary alicyclic amines) is 1. The van der Waals surface area contributed by atoms with Crippen molar-refractivity contribution < 1.29 is 9.18 Å². The van der Waals surface area contributed by atoms with Gasteiger partial charge in [-0.3, -0.25) is 4.99 Å². The minimum absolute atomic E-state index is 0.0313. The van der Waals surface area contributed by atoms with Crippen LogP contribution in [0.25, 0.3) is 0 Å². The number of hydrogen-bond donors (Lipinski definition) is 2. The van der Waals surface area contributed by atoms with Gasteiger partial charge in [-0.05, 0) is 42.7 Å². The molecule has 32 heavy (non-hydrogen) atoms. The van der Waals surface area contributed by atoms with Gasteiger partial charge in [-0.25, -0.2) is 9.18 Å². The van der Waals surface area contributed by atoms with Gasteiger partial charge in [0, 0.05) is 58.5 Å². The highest BCUT2D eigenvalue weighted by atomic mass is 19.1. The number of anilines is 2. The van der Waals surface area contributed by atoms with Gasteiger partial charge in [0.25, 0.3) is 0 Å². The van der Waals surface area contributed by atoms with Crippen LogP contribution in [0.15, 0.2) is 53.5 Å². The second-order valence-corrected chi connectivity index (χ2v) is 8.15. The molecule has 2 aliphatic rings. The third kappa shape index (κ3) is 5.30. The zero-order valence-corrected chi connectivity index (χ0v) is 18.6. The van der Waals surface area contributed by atoms with E-state index in [0.717, 1.165) is 69.3 Å². The third-order valence-electron chi connectivity index (χ3n) is 6.01. The van der Waals surface area contributed by atoms with Gasteiger partial charge < -0.3 is 25.3 Å². The van der Waals surface area contributed by atoms with E-state index in [1.165, 1.54) is 6.07 Å². The molecular weight excluding hydrogens is 407 g/mol. The number of nitrogens with zero attached hydrogens (tertiary/aromatic N) is 4. The van der Waals surface area contributed by atoms with Crippen LogP contribution in [-0.4, -0.2) is 68.1 Å². The van der Waals surface area contributed by atoms with Crippen LogP contribution in [0.5, 0.6) is 0 Å². The summed E-state index contributed by atoms with van der Waals surface area (Å²) >= 11 is 0. The molecule has 2 aliphatic heterocycles. The molecule has 2 heterocycles. The highest BCUT2D eigenvalue weighted by molar-refractivity contribution is 5.89. The minimum atomic E-state index is -0.180. The first kappa shape index (κ1) is 21.9. The summed E-state index contributed by atoms with van der Waals surface area (Å²) in [6.07, 6.45) is 2.15. The minimum Gasteiger partial charge on any atom is -0.366 e. The van der Waals surface area contributed by atoms with Crippen LogP contribution < -0.4 is 15.5 Å². The number of amides is 2. The average Bonchev–Trinajstić information content (AvgIpc) is 3.36. The van der Waals surface area contributed by atoms with Crippen LogP contribution in [0.2, 0.25) is 0 Å². The monoisotopic (exact) mass is 438 g/mol. The SMILES string of the molecule is CN=C(NCc1cccc(NC(=O)N2CCCC2)c1)N1CCN(c2ccccc2F)CC1. The summed E-state index contributed by atoms with van der Waals surface area (Å²) in [6, 6.07) is 14.8. The van der Waals surface area contributed by atoms with Crippen molar-refractivity contribution in [3.8, 4) is 0 Å². The summed E-state index contributed by atoms with van der Waals surface area (Å²) in [5, 5.41) is 6.41.